The molecule has 248 valence electrons. The van der Waals surface area contributed by atoms with Crippen LogP contribution >= 0.6 is 0 Å². The molecule has 6 heteroatoms. The van der Waals surface area contributed by atoms with Gasteiger partial charge in [0.2, 0.25) is 0 Å². The summed E-state index contributed by atoms with van der Waals surface area (Å²) in [5, 5.41) is 7.17. The number of hydrogen-bond donors (Lipinski definition) is 0. The lowest BCUT2D eigenvalue weighted by molar-refractivity contribution is 0.414. The minimum atomic E-state index is 0.745. The minimum absolute atomic E-state index is 0.745. The van der Waals surface area contributed by atoms with Gasteiger partial charge in [-0.15, -0.1) is 0 Å². The van der Waals surface area contributed by atoms with Crippen molar-refractivity contribution < 1.29 is 9.47 Å². The Morgan fingerprint density at radius 1 is 0.694 bits per heavy atom. The molecule has 0 spiro atoms. The summed E-state index contributed by atoms with van der Waals surface area (Å²) >= 11 is 0. The van der Waals surface area contributed by atoms with Crippen molar-refractivity contribution in [1.82, 2.24) is 19.3 Å². The first-order valence-corrected chi connectivity index (χ1v) is 17.5. The average Bonchev–Trinajstić information content (AvgIpc) is 3.74. The van der Waals surface area contributed by atoms with Crippen LogP contribution in [0.2, 0.25) is 0 Å². The van der Waals surface area contributed by atoms with Gasteiger partial charge in [0.1, 0.15) is 23.1 Å². The zero-order valence-electron chi connectivity index (χ0n) is 29.2. The molecule has 0 radical (unpaired) electrons. The Labute approximate surface area is 289 Å². The minimum Gasteiger partial charge on any atom is -0.497 e. The Balaban J connectivity index is 1.24. The monoisotopic (exact) mass is 648 g/mol. The molecule has 49 heavy (non-hydrogen) atoms. The summed E-state index contributed by atoms with van der Waals surface area (Å²) in [5.74, 6) is 3.04. The van der Waals surface area contributed by atoms with Gasteiger partial charge >= 0.3 is 0 Å². The van der Waals surface area contributed by atoms with E-state index in [0.29, 0.717) is 0 Å². The first kappa shape index (κ1) is 32.2. The molecule has 7 rings (SSSR count). The number of fused-ring (bicyclic) bond motifs is 3. The summed E-state index contributed by atoms with van der Waals surface area (Å²) in [6.45, 7) is 9.06. The number of unbranched alkanes of at least 4 members (excludes halogenated alkanes) is 2. The molecule has 0 aliphatic rings. The molecule has 0 atom stereocenters. The smallest absolute Gasteiger partial charge is 0.141 e. The number of benzene rings is 4. The Morgan fingerprint density at radius 3 is 2.18 bits per heavy atom. The topological polar surface area (TPSA) is 54.1 Å². The van der Waals surface area contributed by atoms with E-state index >= 15 is 0 Å². The lowest BCUT2D eigenvalue weighted by Crippen LogP contribution is -2.03. The van der Waals surface area contributed by atoms with Gasteiger partial charge in [-0.3, -0.25) is 4.57 Å². The number of nitrogens with zero attached hydrogens (tertiary/aromatic N) is 4. The molecule has 3 heterocycles. The molecular weight excluding hydrogens is 604 g/mol. The number of para-hydroxylation sites is 1. The van der Waals surface area contributed by atoms with Crippen LogP contribution in [0.15, 0.2) is 104 Å². The number of aryl methyl sites for hydroxylation is 2. The number of aromatic nitrogens is 4. The molecule has 0 saturated heterocycles. The second-order valence-corrected chi connectivity index (χ2v) is 12.9. The van der Waals surface area contributed by atoms with Crippen LogP contribution in [0.1, 0.15) is 61.8 Å². The van der Waals surface area contributed by atoms with Crippen LogP contribution in [-0.2, 0) is 12.8 Å². The van der Waals surface area contributed by atoms with Crippen LogP contribution in [0.4, 0.5) is 0 Å². The number of pyridine rings is 1. The summed E-state index contributed by atoms with van der Waals surface area (Å²) in [7, 11) is 1.67. The second-order valence-electron chi connectivity index (χ2n) is 12.9. The van der Waals surface area contributed by atoms with Crippen molar-refractivity contribution in [3.8, 4) is 39.9 Å². The third kappa shape index (κ3) is 6.31. The molecule has 0 fully saturated rings. The van der Waals surface area contributed by atoms with E-state index in [9.17, 15) is 0 Å². The first-order valence-electron chi connectivity index (χ1n) is 17.5. The highest BCUT2D eigenvalue weighted by Crippen LogP contribution is 2.37. The van der Waals surface area contributed by atoms with Gasteiger partial charge in [-0.2, -0.15) is 5.10 Å². The Kier molecular flexibility index (Phi) is 9.21. The SMILES string of the molecule is CCCCc1c(C)cc(C)c(CCCC)c1-c1cnn(-c2cccc(Oc3ccc4c5ccccc5n(-c5cc(OC)ccn5)c4c3)c2)c1. The second kappa shape index (κ2) is 14.0. The third-order valence-electron chi connectivity index (χ3n) is 9.57. The number of ether oxygens (including phenoxy) is 2. The molecule has 6 nitrogen and oxygen atoms in total. The van der Waals surface area contributed by atoms with Crippen molar-refractivity contribution in [2.24, 2.45) is 0 Å². The van der Waals surface area contributed by atoms with E-state index in [2.05, 4.69) is 93.1 Å². The van der Waals surface area contributed by atoms with E-state index in [1.54, 1.807) is 13.3 Å². The summed E-state index contributed by atoms with van der Waals surface area (Å²) < 4.78 is 16.2. The highest BCUT2D eigenvalue weighted by molar-refractivity contribution is 6.09. The molecule has 0 unspecified atom stereocenters. The molecule has 0 amide bonds. The van der Waals surface area contributed by atoms with E-state index < -0.39 is 0 Å². The van der Waals surface area contributed by atoms with Gasteiger partial charge < -0.3 is 9.47 Å². The summed E-state index contributed by atoms with van der Waals surface area (Å²) in [4.78, 5) is 4.69. The van der Waals surface area contributed by atoms with E-state index in [4.69, 9.17) is 19.6 Å². The van der Waals surface area contributed by atoms with Crippen LogP contribution in [0.25, 0.3) is 44.4 Å². The molecule has 0 aliphatic heterocycles. The number of rotatable bonds is 12. The van der Waals surface area contributed by atoms with E-state index in [0.717, 1.165) is 63.4 Å². The molecule has 3 aromatic heterocycles. The Hall–Kier alpha value is -5.36. The van der Waals surface area contributed by atoms with Crippen molar-refractivity contribution in [1.29, 1.82) is 0 Å². The third-order valence-corrected chi connectivity index (χ3v) is 9.57. The molecule has 0 bridgehead atoms. The van der Waals surface area contributed by atoms with Gasteiger partial charge in [0.15, 0.2) is 0 Å². The summed E-state index contributed by atoms with van der Waals surface area (Å²) in [6, 6.07) is 29.0. The standard InChI is InChI=1S/C43H44N4O2/c1-6-8-15-36-29(3)23-30(4)37(16-9-7-2)43(36)31-27-45-46(28-31)32-13-12-14-34(24-32)49-35-19-20-39-38-17-10-11-18-40(38)47(41(39)25-35)42-26-33(48-5)21-22-44-42/h10-14,17-28H,6-9,15-16H2,1-5H3. The van der Waals surface area contributed by atoms with Gasteiger partial charge in [0, 0.05) is 46.9 Å². The van der Waals surface area contributed by atoms with Gasteiger partial charge in [-0.1, -0.05) is 57.0 Å². The highest BCUT2D eigenvalue weighted by atomic mass is 16.5. The lowest BCUT2D eigenvalue weighted by atomic mass is 9.85. The van der Waals surface area contributed by atoms with E-state index in [-0.39, 0.29) is 0 Å². The number of hydrogen-bond acceptors (Lipinski definition) is 4. The van der Waals surface area contributed by atoms with Crippen LogP contribution in [0.5, 0.6) is 17.2 Å². The maximum absolute atomic E-state index is 6.53. The van der Waals surface area contributed by atoms with Crippen LogP contribution < -0.4 is 9.47 Å². The first-order chi connectivity index (χ1) is 24.0. The normalized spacial score (nSPS) is 11.4. The average molecular weight is 649 g/mol. The van der Waals surface area contributed by atoms with Crippen molar-refractivity contribution in [3.63, 3.8) is 0 Å². The molecule has 4 aromatic carbocycles. The van der Waals surface area contributed by atoms with Gasteiger partial charge in [0.25, 0.3) is 0 Å². The van der Waals surface area contributed by atoms with Crippen LogP contribution in [0.3, 0.4) is 0 Å². The molecule has 0 saturated carbocycles. The fourth-order valence-electron chi connectivity index (χ4n) is 7.10. The van der Waals surface area contributed by atoms with Gasteiger partial charge in [-0.05, 0) is 104 Å². The maximum atomic E-state index is 6.53. The maximum Gasteiger partial charge on any atom is 0.141 e. The largest absolute Gasteiger partial charge is 0.497 e. The fourth-order valence-corrected chi connectivity index (χ4v) is 7.10. The molecular formula is C43H44N4O2. The van der Waals surface area contributed by atoms with Crippen LogP contribution in [0, 0.1) is 13.8 Å². The van der Waals surface area contributed by atoms with Crippen molar-refractivity contribution >= 4 is 21.8 Å². The predicted octanol–water partition coefficient (Wildman–Crippen LogP) is 11.1. The van der Waals surface area contributed by atoms with Gasteiger partial charge in [-0.25, -0.2) is 9.67 Å². The van der Waals surface area contributed by atoms with Gasteiger partial charge in [0.05, 0.1) is 30.0 Å². The summed E-state index contributed by atoms with van der Waals surface area (Å²) in [5.41, 5.74) is 11.3. The number of methoxy groups -OCH3 is 1. The zero-order chi connectivity index (χ0) is 33.9. The van der Waals surface area contributed by atoms with E-state index in [1.165, 1.54) is 59.1 Å². The molecule has 7 aromatic rings. The molecule has 0 N–H and O–H groups in total. The quantitative estimate of drug-likeness (QED) is 0.132. The fraction of sp³-hybridized carbons (Fsp3) is 0.256. The predicted molar refractivity (Wildman–Crippen MR) is 201 cm³/mol. The van der Waals surface area contributed by atoms with Crippen molar-refractivity contribution in [3.05, 3.63) is 126 Å². The zero-order valence-corrected chi connectivity index (χ0v) is 29.2. The lowest BCUT2D eigenvalue weighted by Gasteiger charge is -2.19. The summed E-state index contributed by atoms with van der Waals surface area (Å²) in [6.07, 6.45) is 12.9. The van der Waals surface area contributed by atoms with Crippen molar-refractivity contribution in [2.45, 2.75) is 66.2 Å². The molecule has 0 aliphatic carbocycles. The van der Waals surface area contributed by atoms with Crippen LogP contribution in [-0.4, -0.2) is 26.4 Å². The highest BCUT2D eigenvalue weighted by Gasteiger charge is 2.18. The van der Waals surface area contributed by atoms with E-state index in [1.807, 2.05) is 41.2 Å². The van der Waals surface area contributed by atoms with Crippen molar-refractivity contribution in [2.75, 3.05) is 7.11 Å². The Bertz CT molecular complexity index is 2230. The Morgan fingerprint density at radius 2 is 1.43 bits per heavy atom.